The fraction of sp³-hybridized carbons (Fsp3) is 0.333. The number of alkyl halides is 1. The molecular weight excluding hydrogens is 207 g/mol. The molecule has 2 heteroatoms. The summed E-state index contributed by atoms with van der Waals surface area (Å²) in [5.41, 5.74) is -0.184. The SMILES string of the molecule is FC1(c2cccc(Br)c2)CC1. The van der Waals surface area contributed by atoms with Gasteiger partial charge in [-0.25, -0.2) is 4.39 Å². The van der Waals surface area contributed by atoms with Gasteiger partial charge in [-0.15, -0.1) is 0 Å². The van der Waals surface area contributed by atoms with E-state index in [1.54, 1.807) is 0 Å². The van der Waals surface area contributed by atoms with Gasteiger partial charge in [-0.3, -0.25) is 0 Å². The molecule has 0 radical (unpaired) electrons. The zero-order valence-electron chi connectivity index (χ0n) is 5.98. The van der Waals surface area contributed by atoms with E-state index < -0.39 is 5.67 Å². The quantitative estimate of drug-likeness (QED) is 0.673. The summed E-state index contributed by atoms with van der Waals surface area (Å²) in [5.74, 6) is 0. The van der Waals surface area contributed by atoms with Crippen LogP contribution in [-0.4, -0.2) is 0 Å². The Labute approximate surface area is 73.6 Å². The zero-order valence-corrected chi connectivity index (χ0v) is 7.57. The predicted molar refractivity (Wildman–Crippen MR) is 46.2 cm³/mol. The molecule has 0 unspecified atom stereocenters. The first-order valence-corrected chi connectivity index (χ1v) is 4.45. The lowest BCUT2D eigenvalue weighted by Gasteiger charge is -2.04. The highest BCUT2D eigenvalue weighted by molar-refractivity contribution is 9.10. The molecule has 1 aromatic rings. The smallest absolute Gasteiger partial charge is 0.136 e. The van der Waals surface area contributed by atoms with Crippen molar-refractivity contribution in [1.29, 1.82) is 0 Å². The van der Waals surface area contributed by atoms with E-state index in [9.17, 15) is 4.39 Å². The Hall–Kier alpha value is -0.370. The summed E-state index contributed by atoms with van der Waals surface area (Å²) in [6.45, 7) is 0. The van der Waals surface area contributed by atoms with Crippen molar-refractivity contribution in [3.8, 4) is 0 Å². The Morgan fingerprint density at radius 3 is 2.64 bits per heavy atom. The number of rotatable bonds is 1. The number of halogens is 2. The molecule has 0 amide bonds. The monoisotopic (exact) mass is 214 g/mol. The molecule has 0 nitrogen and oxygen atoms in total. The lowest BCUT2D eigenvalue weighted by Crippen LogP contribution is -1.95. The summed E-state index contributed by atoms with van der Waals surface area (Å²) in [7, 11) is 0. The first-order valence-electron chi connectivity index (χ1n) is 3.66. The molecule has 1 aromatic carbocycles. The molecule has 1 fully saturated rings. The topological polar surface area (TPSA) is 0 Å². The summed E-state index contributed by atoms with van der Waals surface area (Å²) < 4.78 is 14.3. The van der Waals surface area contributed by atoms with Crippen LogP contribution >= 0.6 is 15.9 Å². The fourth-order valence-electron chi connectivity index (χ4n) is 1.17. The third kappa shape index (κ3) is 1.32. The zero-order chi connectivity index (χ0) is 7.90. The van der Waals surface area contributed by atoms with E-state index in [1.807, 2.05) is 24.3 Å². The van der Waals surface area contributed by atoms with Crippen molar-refractivity contribution in [2.45, 2.75) is 18.5 Å². The molecule has 1 aliphatic carbocycles. The van der Waals surface area contributed by atoms with Gasteiger partial charge in [0, 0.05) is 4.47 Å². The summed E-state index contributed by atoms with van der Waals surface area (Å²) in [6.07, 6.45) is 1.37. The second-order valence-corrected chi connectivity index (χ2v) is 3.89. The Balaban J connectivity index is 2.38. The average molecular weight is 215 g/mol. The van der Waals surface area contributed by atoms with Gasteiger partial charge in [0.25, 0.3) is 0 Å². The molecule has 0 N–H and O–H groups in total. The maximum absolute atomic E-state index is 13.4. The highest BCUT2D eigenvalue weighted by atomic mass is 79.9. The Morgan fingerprint density at radius 1 is 1.36 bits per heavy atom. The van der Waals surface area contributed by atoms with E-state index in [-0.39, 0.29) is 0 Å². The van der Waals surface area contributed by atoms with E-state index in [0.29, 0.717) is 12.8 Å². The molecule has 0 aliphatic heterocycles. The van der Waals surface area contributed by atoms with Crippen LogP contribution in [-0.2, 0) is 5.67 Å². The van der Waals surface area contributed by atoms with Gasteiger partial charge in [-0.2, -0.15) is 0 Å². The standard InChI is InChI=1S/C9H8BrF/c10-8-3-1-2-7(6-8)9(11)4-5-9/h1-3,6H,4-5H2. The first kappa shape index (κ1) is 7.29. The largest absolute Gasteiger partial charge is 0.239 e. The molecule has 0 heterocycles. The lowest BCUT2D eigenvalue weighted by molar-refractivity contribution is 0.317. The molecule has 11 heavy (non-hydrogen) atoms. The average Bonchev–Trinajstić information content (AvgIpc) is 2.70. The normalized spacial score (nSPS) is 19.8. The molecule has 0 spiro atoms. The van der Waals surface area contributed by atoms with E-state index in [1.165, 1.54) is 0 Å². The van der Waals surface area contributed by atoms with Crippen LogP contribution in [0, 0.1) is 0 Å². The number of benzene rings is 1. The molecule has 2 rings (SSSR count). The third-order valence-electron chi connectivity index (χ3n) is 2.03. The summed E-state index contributed by atoms with van der Waals surface area (Å²) in [4.78, 5) is 0. The van der Waals surface area contributed by atoms with E-state index >= 15 is 0 Å². The van der Waals surface area contributed by atoms with E-state index in [2.05, 4.69) is 15.9 Å². The van der Waals surface area contributed by atoms with Crippen LogP contribution in [0.2, 0.25) is 0 Å². The molecular formula is C9H8BrF. The van der Waals surface area contributed by atoms with Crippen molar-refractivity contribution in [1.82, 2.24) is 0 Å². The summed E-state index contributed by atoms with van der Waals surface area (Å²) in [6, 6.07) is 7.49. The molecule has 58 valence electrons. The van der Waals surface area contributed by atoms with Crippen LogP contribution in [0.3, 0.4) is 0 Å². The number of hydrogen-bond acceptors (Lipinski definition) is 0. The maximum Gasteiger partial charge on any atom is 0.136 e. The van der Waals surface area contributed by atoms with Gasteiger partial charge in [0.05, 0.1) is 0 Å². The van der Waals surface area contributed by atoms with Crippen molar-refractivity contribution in [3.63, 3.8) is 0 Å². The summed E-state index contributed by atoms with van der Waals surface area (Å²) >= 11 is 3.32. The minimum atomic E-state index is -0.996. The van der Waals surface area contributed by atoms with Crippen LogP contribution in [0.25, 0.3) is 0 Å². The minimum absolute atomic E-state index is 0.684. The Kier molecular flexibility index (Phi) is 1.53. The summed E-state index contributed by atoms with van der Waals surface area (Å²) in [5, 5.41) is 0. The molecule has 0 bridgehead atoms. The van der Waals surface area contributed by atoms with Gasteiger partial charge in [0.15, 0.2) is 0 Å². The Bertz CT molecular complexity index is 279. The molecule has 0 aromatic heterocycles. The highest BCUT2D eigenvalue weighted by Crippen LogP contribution is 2.49. The van der Waals surface area contributed by atoms with Crippen molar-refractivity contribution in [2.75, 3.05) is 0 Å². The van der Waals surface area contributed by atoms with Gasteiger partial charge >= 0.3 is 0 Å². The lowest BCUT2D eigenvalue weighted by atomic mass is 10.1. The van der Waals surface area contributed by atoms with Gasteiger partial charge in [0.1, 0.15) is 5.67 Å². The predicted octanol–water partition coefficient (Wildman–Crippen LogP) is 3.41. The van der Waals surface area contributed by atoms with Crippen molar-refractivity contribution in [3.05, 3.63) is 34.3 Å². The maximum atomic E-state index is 13.4. The van der Waals surface area contributed by atoms with Crippen LogP contribution in [0.15, 0.2) is 28.7 Å². The van der Waals surface area contributed by atoms with Crippen molar-refractivity contribution >= 4 is 15.9 Å². The van der Waals surface area contributed by atoms with Crippen LogP contribution in [0.5, 0.6) is 0 Å². The van der Waals surface area contributed by atoms with Gasteiger partial charge in [0.2, 0.25) is 0 Å². The van der Waals surface area contributed by atoms with Crippen LogP contribution in [0.1, 0.15) is 18.4 Å². The van der Waals surface area contributed by atoms with E-state index in [0.717, 1.165) is 10.0 Å². The highest BCUT2D eigenvalue weighted by Gasteiger charge is 2.44. The molecule has 1 saturated carbocycles. The first-order chi connectivity index (χ1) is 5.21. The minimum Gasteiger partial charge on any atom is -0.239 e. The molecule has 0 saturated heterocycles. The van der Waals surface area contributed by atoms with E-state index in [4.69, 9.17) is 0 Å². The van der Waals surface area contributed by atoms with Gasteiger partial charge < -0.3 is 0 Å². The van der Waals surface area contributed by atoms with Crippen molar-refractivity contribution < 1.29 is 4.39 Å². The van der Waals surface area contributed by atoms with Crippen molar-refractivity contribution in [2.24, 2.45) is 0 Å². The third-order valence-corrected chi connectivity index (χ3v) is 2.52. The fourth-order valence-corrected chi connectivity index (χ4v) is 1.56. The van der Waals surface area contributed by atoms with Crippen LogP contribution < -0.4 is 0 Å². The van der Waals surface area contributed by atoms with Gasteiger partial charge in [-0.05, 0) is 30.5 Å². The second kappa shape index (κ2) is 2.31. The molecule has 0 atom stereocenters. The van der Waals surface area contributed by atoms with Gasteiger partial charge in [-0.1, -0.05) is 28.1 Å². The molecule has 1 aliphatic rings. The second-order valence-electron chi connectivity index (χ2n) is 2.98. The number of hydrogen-bond donors (Lipinski definition) is 0. The van der Waals surface area contributed by atoms with Crippen LogP contribution in [0.4, 0.5) is 4.39 Å². The Morgan fingerprint density at radius 2 is 2.09 bits per heavy atom.